The lowest BCUT2D eigenvalue weighted by molar-refractivity contribution is -0.158. The summed E-state index contributed by atoms with van der Waals surface area (Å²) in [6, 6.07) is 1.59. The number of ether oxygens (including phenoxy) is 3. The number of Topliss-reactive ketones (excluding diaryl/α,β-unsaturated/α-hetero) is 2. The Kier molecular flexibility index (Phi) is 12.1. The summed E-state index contributed by atoms with van der Waals surface area (Å²) in [5.74, 6) is -0.509. The van der Waals surface area contributed by atoms with Gasteiger partial charge in [0, 0.05) is 37.0 Å². The maximum absolute atomic E-state index is 13.2. The zero-order chi connectivity index (χ0) is 32.3. The number of hydrogen-bond donors (Lipinski definition) is 0. The molecule has 8 atom stereocenters. The van der Waals surface area contributed by atoms with E-state index in [-0.39, 0.29) is 84.6 Å². The molecule has 2 fully saturated rings. The van der Waals surface area contributed by atoms with E-state index in [9.17, 15) is 9.59 Å². The summed E-state index contributed by atoms with van der Waals surface area (Å²) in [6.07, 6.45) is 1.48. The van der Waals surface area contributed by atoms with E-state index in [0.717, 1.165) is 0 Å². The standard InChI is InChI=1S/C30H54N2O8Si3/c1-19(20(2)38-41(4,5)6)27-26(37-27)17-25-29(40-43(10,11)12)28(39-42(7,8)9)21(18-36-25)15-22(33)16-24(34)23-13-14-31-30(32-23)35-3/h13-14,19-21,25-29H,15-18H2,1-12H3/t19-,20+,21+,25+,26+,27+,28-,29-/m1/s1. The van der Waals surface area contributed by atoms with Crippen LogP contribution in [0.25, 0.3) is 0 Å². The number of aromatic nitrogens is 2. The van der Waals surface area contributed by atoms with Crippen LogP contribution in [-0.2, 0) is 27.5 Å². The monoisotopic (exact) mass is 654 g/mol. The molecule has 1 aromatic rings. The van der Waals surface area contributed by atoms with E-state index >= 15 is 0 Å². The van der Waals surface area contributed by atoms with E-state index in [2.05, 4.69) is 82.7 Å². The molecule has 10 nitrogen and oxygen atoms in total. The Morgan fingerprint density at radius 3 is 2.16 bits per heavy atom. The number of ketones is 2. The number of carbonyl (C=O) groups is 2. The molecule has 0 bridgehead atoms. The summed E-state index contributed by atoms with van der Waals surface area (Å²) < 4.78 is 37.6. The highest BCUT2D eigenvalue weighted by Crippen LogP contribution is 2.40. The first-order valence-electron chi connectivity index (χ1n) is 15.5. The van der Waals surface area contributed by atoms with Crippen molar-refractivity contribution in [3.05, 3.63) is 18.0 Å². The van der Waals surface area contributed by atoms with Gasteiger partial charge in [0.1, 0.15) is 11.5 Å². The lowest BCUT2D eigenvalue weighted by Gasteiger charge is -2.47. The van der Waals surface area contributed by atoms with Crippen molar-refractivity contribution in [2.24, 2.45) is 11.8 Å². The number of epoxide rings is 1. The van der Waals surface area contributed by atoms with Crippen molar-refractivity contribution in [2.75, 3.05) is 13.7 Å². The number of rotatable bonds is 16. The van der Waals surface area contributed by atoms with Crippen molar-refractivity contribution in [3.8, 4) is 6.01 Å². The molecule has 0 radical (unpaired) electrons. The Morgan fingerprint density at radius 2 is 1.58 bits per heavy atom. The fraction of sp³-hybridized carbons (Fsp3) is 0.800. The number of carbonyl (C=O) groups excluding carboxylic acids is 2. The minimum absolute atomic E-state index is 0.0635. The molecule has 3 rings (SSSR count). The number of methoxy groups -OCH3 is 1. The van der Waals surface area contributed by atoms with E-state index in [4.69, 9.17) is 27.5 Å². The van der Waals surface area contributed by atoms with Gasteiger partial charge in [0.25, 0.3) is 0 Å². The molecule has 0 amide bonds. The summed E-state index contributed by atoms with van der Waals surface area (Å²) >= 11 is 0. The van der Waals surface area contributed by atoms with Crippen molar-refractivity contribution < 1.29 is 37.1 Å². The Hall–Kier alpha value is -1.33. The molecule has 0 aromatic carbocycles. The summed E-state index contributed by atoms with van der Waals surface area (Å²) in [5, 5.41) is 0. The van der Waals surface area contributed by atoms with Gasteiger partial charge in [-0.05, 0) is 71.9 Å². The predicted molar refractivity (Wildman–Crippen MR) is 173 cm³/mol. The molecule has 2 aliphatic heterocycles. The molecular weight excluding hydrogens is 601 g/mol. The molecule has 0 spiro atoms. The first-order valence-corrected chi connectivity index (χ1v) is 25.7. The summed E-state index contributed by atoms with van der Waals surface area (Å²) in [5.41, 5.74) is 0.160. The number of nitrogens with zero attached hydrogens (tertiary/aromatic N) is 2. The molecule has 0 aliphatic carbocycles. The maximum Gasteiger partial charge on any atom is 0.316 e. The van der Waals surface area contributed by atoms with Crippen molar-refractivity contribution in [3.63, 3.8) is 0 Å². The van der Waals surface area contributed by atoms with E-state index in [1.54, 1.807) is 0 Å². The van der Waals surface area contributed by atoms with Gasteiger partial charge in [0.2, 0.25) is 0 Å². The molecule has 43 heavy (non-hydrogen) atoms. The van der Waals surface area contributed by atoms with Crippen LogP contribution < -0.4 is 4.74 Å². The second kappa shape index (κ2) is 14.4. The fourth-order valence-electron chi connectivity index (χ4n) is 5.62. The SMILES string of the molecule is COc1nccc(C(=O)CC(=O)C[C@H]2CO[C@@H](C[C@@H]3O[C@H]3[C@H](C)[C@H](C)O[Si](C)(C)C)[C@@H](O[Si](C)(C)C)[C@@H]2O[Si](C)(C)C)n1. The second-order valence-electron chi connectivity index (χ2n) is 15.0. The third-order valence-electron chi connectivity index (χ3n) is 7.49. The molecule has 13 heteroatoms. The highest BCUT2D eigenvalue weighted by molar-refractivity contribution is 6.70. The topological polar surface area (TPSA) is 119 Å². The molecular formula is C30H54N2O8Si3. The highest BCUT2D eigenvalue weighted by Gasteiger charge is 2.52. The van der Waals surface area contributed by atoms with Gasteiger partial charge in [0.05, 0.1) is 50.7 Å². The molecule has 0 N–H and O–H groups in total. The summed E-state index contributed by atoms with van der Waals surface area (Å²) in [7, 11) is -4.31. The van der Waals surface area contributed by atoms with Gasteiger partial charge >= 0.3 is 6.01 Å². The Morgan fingerprint density at radius 1 is 0.953 bits per heavy atom. The molecule has 2 aliphatic rings. The Balaban J connectivity index is 1.74. The zero-order valence-corrected chi connectivity index (χ0v) is 31.3. The molecule has 3 heterocycles. The van der Waals surface area contributed by atoms with Crippen LogP contribution >= 0.6 is 0 Å². The highest BCUT2D eigenvalue weighted by atomic mass is 28.4. The van der Waals surface area contributed by atoms with Crippen LogP contribution in [-0.4, -0.2) is 96.8 Å². The smallest absolute Gasteiger partial charge is 0.316 e. The Bertz CT molecular complexity index is 1100. The normalized spacial score (nSPS) is 27.8. The average molecular weight is 655 g/mol. The van der Waals surface area contributed by atoms with Crippen LogP contribution in [0.4, 0.5) is 0 Å². The summed E-state index contributed by atoms with van der Waals surface area (Å²) in [4.78, 5) is 34.1. The van der Waals surface area contributed by atoms with Crippen LogP contribution in [0.5, 0.6) is 6.01 Å². The largest absolute Gasteiger partial charge is 0.467 e. The minimum Gasteiger partial charge on any atom is -0.467 e. The number of hydrogen-bond acceptors (Lipinski definition) is 10. The van der Waals surface area contributed by atoms with Crippen molar-refractivity contribution in [1.82, 2.24) is 9.97 Å². The van der Waals surface area contributed by atoms with E-state index in [1.807, 2.05) is 0 Å². The lowest BCUT2D eigenvalue weighted by atomic mass is 9.85. The lowest BCUT2D eigenvalue weighted by Crippen LogP contribution is -2.58. The van der Waals surface area contributed by atoms with Crippen LogP contribution in [0.15, 0.2) is 12.3 Å². The van der Waals surface area contributed by atoms with Gasteiger partial charge in [-0.2, -0.15) is 4.98 Å². The third-order valence-corrected chi connectivity index (χ3v) is 10.5. The maximum atomic E-state index is 13.2. The molecule has 2 saturated heterocycles. The zero-order valence-electron chi connectivity index (χ0n) is 28.3. The van der Waals surface area contributed by atoms with Crippen LogP contribution in [0.3, 0.4) is 0 Å². The van der Waals surface area contributed by atoms with Gasteiger partial charge in [-0.1, -0.05) is 6.92 Å². The van der Waals surface area contributed by atoms with E-state index in [1.165, 1.54) is 19.4 Å². The van der Waals surface area contributed by atoms with Gasteiger partial charge in [-0.15, -0.1) is 0 Å². The quantitative estimate of drug-likeness (QED) is 0.0978. The van der Waals surface area contributed by atoms with Gasteiger partial charge in [-0.3, -0.25) is 9.59 Å². The third kappa shape index (κ3) is 11.5. The van der Waals surface area contributed by atoms with Crippen LogP contribution in [0.2, 0.25) is 58.9 Å². The van der Waals surface area contributed by atoms with Crippen molar-refractivity contribution >= 4 is 36.5 Å². The van der Waals surface area contributed by atoms with Crippen LogP contribution in [0, 0.1) is 11.8 Å². The Labute approximate surface area is 261 Å². The van der Waals surface area contributed by atoms with Crippen LogP contribution in [0.1, 0.15) is 43.6 Å². The predicted octanol–water partition coefficient (Wildman–Crippen LogP) is 5.51. The van der Waals surface area contributed by atoms with Crippen molar-refractivity contribution in [2.45, 2.75) is 129 Å². The van der Waals surface area contributed by atoms with Gasteiger partial charge in [-0.25, -0.2) is 4.98 Å². The molecule has 0 saturated carbocycles. The molecule has 1 aromatic heterocycles. The average Bonchev–Trinajstić information content (AvgIpc) is 3.63. The molecule has 244 valence electrons. The van der Waals surface area contributed by atoms with E-state index < -0.39 is 25.0 Å². The van der Waals surface area contributed by atoms with Crippen molar-refractivity contribution in [1.29, 1.82) is 0 Å². The summed E-state index contributed by atoms with van der Waals surface area (Å²) in [6.45, 7) is 24.2. The minimum atomic E-state index is -2.05. The fourth-order valence-corrected chi connectivity index (χ4v) is 9.19. The molecule has 0 unspecified atom stereocenters. The first kappa shape index (κ1) is 36.1. The first-order chi connectivity index (χ1) is 19.8. The van der Waals surface area contributed by atoms with Gasteiger partial charge in [0.15, 0.2) is 30.7 Å². The second-order valence-corrected chi connectivity index (χ2v) is 28.3. The van der Waals surface area contributed by atoms with Gasteiger partial charge < -0.3 is 27.5 Å². The van der Waals surface area contributed by atoms with E-state index in [0.29, 0.717) is 13.0 Å².